The zero-order chi connectivity index (χ0) is 21.7. The summed E-state index contributed by atoms with van der Waals surface area (Å²) in [6.07, 6.45) is 0. The Kier molecular flexibility index (Phi) is 7.12. The lowest BCUT2D eigenvalue weighted by atomic mass is 10.2. The maximum atomic E-state index is 12.7. The topological polar surface area (TPSA) is 88.0 Å². The molecule has 0 radical (unpaired) electrons. The number of nitro groups is 1. The van der Waals surface area contributed by atoms with E-state index < -0.39 is 4.92 Å². The predicted molar refractivity (Wildman–Crippen MR) is 118 cm³/mol. The van der Waals surface area contributed by atoms with E-state index in [1.807, 2.05) is 38.1 Å². The van der Waals surface area contributed by atoms with Crippen LogP contribution in [0.5, 0.6) is 5.75 Å². The number of nitrogens with zero attached hydrogens (tertiary/aromatic N) is 3. The highest BCUT2D eigenvalue weighted by Gasteiger charge is 2.27. The van der Waals surface area contributed by atoms with Gasteiger partial charge in [-0.2, -0.15) is 0 Å². The lowest BCUT2D eigenvalue weighted by Crippen LogP contribution is -2.52. The molecule has 0 unspecified atom stereocenters. The Labute approximate surface area is 180 Å². The molecule has 160 valence electrons. The molecule has 1 amide bonds. The van der Waals surface area contributed by atoms with Gasteiger partial charge in [0.25, 0.3) is 5.69 Å². The van der Waals surface area contributed by atoms with Gasteiger partial charge >= 0.3 is 0 Å². The summed E-state index contributed by atoms with van der Waals surface area (Å²) in [6, 6.07) is 11.6. The monoisotopic (exact) mass is 432 g/mol. The van der Waals surface area contributed by atoms with Gasteiger partial charge in [0.1, 0.15) is 5.75 Å². The third-order valence-corrected chi connectivity index (χ3v) is 5.48. The summed E-state index contributed by atoms with van der Waals surface area (Å²) in [5.74, 6) is 0.668. The van der Waals surface area contributed by atoms with E-state index >= 15 is 0 Å². The molecule has 1 saturated heterocycles. The quantitative estimate of drug-likeness (QED) is 0.529. The van der Waals surface area contributed by atoms with Crippen molar-refractivity contribution in [2.75, 3.05) is 43.0 Å². The maximum absolute atomic E-state index is 12.7. The third kappa shape index (κ3) is 5.01. The zero-order valence-corrected chi connectivity index (χ0v) is 17.8. The SMILES string of the molecule is CCOc1ccccc1N1CCN([C@H](C)C(=O)Nc2ccc([N+](=O)[O-])cc2Cl)CC1. The first-order valence-electron chi connectivity index (χ1n) is 9.86. The minimum atomic E-state index is -0.525. The summed E-state index contributed by atoms with van der Waals surface area (Å²) in [7, 11) is 0. The Balaban J connectivity index is 1.59. The Bertz CT molecular complexity index is 916. The highest BCUT2D eigenvalue weighted by Crippen LogP contribution is 2.30. The number of nitrogens with one attached hydrogen (secondary N) is 1. The largest absolute Gasteiger partial charge is 0.492 e. The molecule has 3 rings (SSSR count). The number of nitro benzene ring substituents is 1. The number of para-hydroxylation sites is 2. The lowest BCUT2D eigenvalue weighted by molar-refractivity contribution is -0.384. The van der Waals surface area contributed by atoms with Crippen LogP contribution in [0.2, 0.25) is 5.02 Å². The number of carbonyl (C=O) groups excluding carboxylic acids is 1. The first-order chi connectivity index (χ1) is 14.4. The molecule has 0 bridgehead atoms. The molecule has 2 aromatic carbocycles. The van der Waals surface area contributed by atoms with Crippen LogP contribution in [0, 0.1) is 10.1 Å². The van der Waals surface area contributed by atoms with E-state index in [1.54, 1.807) is 0 Å². The average Bonchev–Trinajstić information content (AvgIpc) is 2.75. The number of hydrogen-bond acceptors (Lipinski definition) is 6. The number of ether oxygens (including phenoxy) is 1. The zero-order valence-electron chi connectivity index (χ0n) is 17.0. The van der Waals surface area contributed by atoms with Crippen molar-refractivity contribution in [1.82, 2.24) is 4.90 Å². The van der Waals surface area contributed by atoms with Gasteiger partial charge in [0.2, 0.25) is 5.91 Å². The molecule has 30 heavy (non-hydrogen) atoms. The van der Waals surface area contributed by atoms with Crippen molar-refractivity contribution in [1.29, 1.82) is 0 Å². The Hall–Kier alpha value is -2.84. The molecule has 1 heterocycles. The minimum absolute atomic E-state index is 0.116. The van der Waals surface area contributed by atoms with Gasteiger partial charge in [-0.05, 0) is 32.0 Å². The molecule has 1 atom stereocenters. The van der Waals surface area contributed by atoms with Crippen molar-refractivity contribution in [2.24, 2.45) is 0 Å². The van der Waals surface area contributed by atoms with Crippen LogP contribution in [-0.2, 0) is 4.79 Å². The minimum Gasteiger partial charge on any atom is -0.492 e. The van der Waals surface area contributed by atoms with Crippen molar-refractivity contribution < 1.29 is 14.5 Å². The molecular formula is C21H25ClN4O4. The second-order valence-electron chi connectivity index (χ2n) is 7.01. The van der Waals surface area contributed by atoms with E-state index in [4.69, 9.17) is 16.3 Å². The molecule has 0 saturated carbocycles. The fourth-order valence-corrected chi connectivity index (χ4v) is 3.69. The fraction of sp³-hybridized carbons (Fsp3) is 0.381. The summed E-state index contributed by atoms with van der Waals surface area (Å²) >= 11 is 6.08. The molecule has 1 aliphatic heterocycles. The van der Waals surface area contributed by atoms with Gasteiger partial charge in [-0.1, -0.05) is 23.7 Å². The van der Waals surface area contributed by atoms with Crippen LogP contribution in [0.1, 0.15) is 13.8 Å². The van der Waals surface area contributed by atoms with E-state index in [2.05, 4.69) is 15.1 Å². The Morgan fingerprint density at radius 3 is 2.57 bits per heavy atom. The molecule has 1 N–H and O–H groups in total. The summed E-state index contributed by atoms with van der Waals surface area (Å²) in [4.78, 5) is 27.4. The molecule has 0 aromatic heterocycles. The molecule has 0 spiro atoms. The molecule has 1 aliphatic rings. The van der Waals surface area contributed by atoms with Crippen LogP contribution in [0.4, 0.5) is 17.1 Å². The number of benzene rings is 2. The number of hydrogen-bond donors (Lipinski definition) is 1. The molecule has 1 fully saturated rings. The van der Waals surface area contributed by atoms with Gasteiger partial charge < -0.3 is 15.0 Å². The molecule has 9 heteroatoms. The van der Waals surface area contributed by atoms with E-state index in [9.17, 15) is 14.9 Å². The van der Waals surface area contributed by atoms with Gasteiger partial charge in [0, 0.05) is 38.3 Å². The first kappa shape index (κ1) is 21.9. The fourth-order valence-electron chi connectivity index (χ4n) is 3.47. The van der Waals surface area contributed by atoms with Crippen molar-refractivity contribution >= 4 is 34.6 Å². The van der Waals surface area contributed by atoms with Crippen LogP contribution in [0.3, 0.4) is 0 Å². The van der Waals surface area contributed by atoms with Gasteiger partial charge in [-0.3, -0.25) is 19.8 Å². The van der Waals surface area contributed by atoms with Crippen LogP contribution in [0.25, 0.3) is 0 Å². The van der Waals surface area contributed by atoms with Crippen molar-refractivity contribution in [2.45, 2.75) is 19.9 Å². The maximum Gasteiger partial charge on any atom is 0.271 e. The molecule has 2 aromatic rings. The van der Waals surface area contributed by atoms with Crippen LogP contribution in [-0.4, -0.2) is 54.6 Å². The predicted octanol–water partition coefficient (Wildman–Crippen LogP) is 3.80. The van der Waals surface area contributed by atoms with E-state index in [0.717, 1.165) is 37.6 Å². The Morgan fingerprint density at radius 1 is 1.23 bits per heavy atom. The summed E-state index contributed by atoms with van der Waals surface area (Å²) < 4.78 is 5.73. The number of halogens is 1. The van der Waals surface area contributed by atoms with Gasteiger partial charge in [-0.15, -0.1) is 0 Å². The smallest absolute Gasteiger partial charge is 0.271 e. The average molecular weight is 433 g/mol. The van der Waals surface area contributed by atoms with E-state index in [0.29, 0.717) is 12.3 Å². The summed E-state index contributed by atoms with van der Waals surface area (Å²) in [5, 5.41) is 13.7. The summed E-state index contributed by atoms with van der Waals surface area (Å²) in [6.45, 7) is 7.43. The molecule has 8 nitrogen and oxygen atoms in total. The van der Waals surface area contributed by atoms with Crippen LogP contribution >= 0.6 is 11.6 Å². The standard InChI is InChI=1S/C21H25ClN4O4/c1-3-30-20-7-5-4-6-19(20)25-12-10-24(11-13-25)15(2)21(27)23-18-9-8-16(26(28)29)14-17(18)22/h4-9,14-15H,3,10-13H2,1-2H3,(H,23,27)/t15-/m1/s1. The molecular weight excluding hydrogens is 408 g/mol. The highest BCUT2D eigenvalue weighted by atomic mass is 35.5. The number of amides is 1. The number of carbonyl (C=O) groups is 1. The number of piperazine rings is 1. The first-order valence-corrected chi connectivity index (χ1v) is 10.2. The summed E-state index contributed by atoms with van der Waals surface area (Å²) in [5.41, 5.74) is 1.31. The lowest BCUT2D eigenvalue weighted by Gasteiger charge is -2.39. The van der Waals surface area contributed by atoms with Crippen molar-refractivity contribution in [3.8, 4) is 5.75 Å². The molecule has 0 aliphatic carbocycles. The second-order valence-corrected chi connectivity index (χ2v) is 7.42. The van der Waals surface area contributed by atoms with Crippen LogP contribution in [0.15, 0.2) is 42.5 Å². The highest BCUT2D eigenvalue weighted by molar-refractivity contribution is 6.34. The normalized spacial score (nSPS) is 15.5. The van der Waals surface area contributed by atoms with E-state index in [-0.39, 0.29) is 22.7 Å². The van der Waals surface area contributed by atoms with Gasteiger partial charge in [0.05, 0.1) is 34.0 Å². The van der Waals surface area contributed by atoms with Crippen LogP contribution < -0.4 is 15.0 Å². The van der Waals surface area contributed by atoms with E-state index in [1.165, 1.54) is 18.2 Å². The number of non-ortho nitro benzene ring substituents is 1. The van der Waals surface area contributed by atoms with Crippen molar-refractivity contribution in [3.05, 3.63) is 57.6 Å². The number of anilines is 2. The Morgan fingerprint density at radius 2 is 1.93 bits per heavy atom. The van der Waals surface area contributed by atoms with Gasteiger partial charge in [0.15, 0.2) is 0 Å². The van der Waals surface area contributed by atoms with Gasteiger partial charge in [-0.25, -0.2) is 0 Å². The number of rotatable bonds is 7. The van der Waals surface area contributed by atoms with Crippen molar-refractivity contribution in [3.63, 3.8) is 0 Å². The third-order valence-electron chi connectivity index (χ3n) is 5.17. The second kappa shape index (κ2) is 9.77.